The van der Waals surface area contributed by atoms with E-state index in [1.54, 1.807) is 13.0 Å². The lowest BCUT2D eigenvalue weighted by atomic mass is 9.94. The standard InChI is InChI=1S/C11H11BO4/c1-2-15-11(14)7-16-10-4-3-9(12)5-8(10)6-13/h3-6H,2,7H2,1H3. The third-order valence-electron chi connectivity index (χ3n) is 1.81. The van der Waals surface area contributed by atoms with Crippen LogP contribution in [-0.4, -0.2) is 33.3 Å². The molecular weight excluding hydrogens is 207 g/mol. The van der Waals surface area contributed by atoms with Crippen LogP contribution in [0.3, 0.4) is 0 Å². The van der Waals surface area contributed by atoms with E-state index in [-0.39, 0.29) is 6.61 Å². The monoisotopic (exact) mass is 218 g/mol. The van der Waals surface area contributed by atoms with Crippen LogP contribution in [0.15, 0.2) is 18.2 Å². The summed E-state index contributed by atoms with van der Waals surface area (Å²) in [6, 6.07) is 4.61. The Balaban J connectivity index is 2.66. The molecule has 0 unspecified atom stereocenters. The highest BCUT2D eigenvalue weighted by Gasteiger charge is 2.06. The third-order valence-corrected chi connectivity index (χ3v) is 1.81. The maximum atomic E-state index is 11.0. The number of carbonyl (C=O) groups is 2. The van der Waals surface area contributed by atoms with E-state index in [0.717, 1.165) is 0 Å². The summed E-state index contributed by atoms with van der Waals surface area (Å²) in [5.74, 6) is -0.159. The maximum Gasteiger partial charge on any atom is 0.344 e. The molecule has 0 atom stereocenters. The fourth-order valence-electron chi connectivity index (χ4n) is 1.13. The quantitative estimate of drug-likeness (QED) is 0.403. The molecule has 0 spiro atoms. The Morgan fingerprint density at radius 3 is 2.88 bits per heavy atom. The lowest BCUT2D eigenvalue weighted by Crippen LogP contribution is -2.16. The van der Waals surface area contributed by atoms with Crippen molar-refractivity contribution in [3.05, 3.63) is 23.8 Å². The molecule has 82 valence electrons. The molecule has 2 radical (unpaired) electrons. The molecule has 1 aromatic rings. The molecule has 0 fully saturated rings. The lowest BCUT2D eigenvalue weighted by molar-refractivity contribution is -0.145. The normalized spacial score (nSPS) is 9.56. The summed E-state index contributed by atoms with van der Waals surface area (Å²) in [7, 11) is 5.50. The van der Waals surface area contributed by atoms with E-state index in [4.69, 9.17) is 12.6 Å². The zero-order chi connectivity index (χ0) is 12.0. The van der Waals surface area contributed by atoms with Gasteiger partial charge in [0.1, 0.15) is 13.6 Å². The van der Waals surface area contributed by atoms with Crippen molar-refractivity contribution in [3.63, 3.8) is 0 Å². The predicted molar refractivity (Wildman–Crippen MR) is 59.3 cm³/mol. The summed E-state index contributed by atoms with van der Waals surface area (Å²) in [5, 5.41) is 0. The second-order valence-electron chi connectivity index (χ2n) is 3.01. The van der Waals surface area contributed by atoms with Gasteiger partial charge in [0.25, 0.3) is 0 Å². The fraction of sp³-hybridized carbons (Fsp3) is 0.273. The van der Waals surface area contributed by atoms with Crippen LogP contribution in [0.4, 0.5) is 0 Å². The van der Waals surface area contributed by atoms with Crippen LogP contribution in [0.25, 0.3) is 0 Å². The Hall–Kier alpha value is -1.78. The summed E-state index contributed by atoms with van der Waals surface area (Å²) >= 11 is 0. The Morgan fingerprint density at radius 1 is 1.50 bits per heavy atom. The molecule has 0 N–H and O–H groups in total. The lowest BCUT2D eigenvalue weighted by Gasteiger charge is -2.08. The van der Waals surface area contributed by atoms with Crippen LogP contribution >= 0.6 is 0 Å². The minimum absolute atomic E-state index is 0.224. The second kappa shape index (κ2) is 5.95. The Bertz CT molecular complexity index is 390. The molecule has 0 aliphatic heterocycles. The summed E-state index contributed by atoms with van der Waals surface area (Å²) in [5.41, 5.74) is 0.773. The van der Waals surface area contributed by atoms with Gasteiger partial charge in [-0.1, -0.05) is 17.6 Å². The largest absolute Gasteiger partial charge is 0.481 e. The number of hydrogen-bond acceptors (Lipinski definition) is 4. The molecular formula is C11H11BO4. The highest BCUT2D eigenvalue weighted by Crippen LogP contribution is 2.14. The van der Waals surface area contributed by atoms with Gasteiger partial charge in [0, 0.05) is 0 Å². The van der Waals surface area contributed by atoms with Crippen molar-refractivity contribution in [2.45, 2.75) is 6.92 Å². The van der Waals surface area contributed by atoms with Gasteiger partial charge in [-0.3, -0.25) is 4.79 Å². The molecule has 0 saturated carbocycles. The number of rotatable bonds is 5. The number of esters is 1. The van der Waals surface area contributed by atoms with Crippen LogP contribution in [0, 0.1) is 0 Å². The summed E-state index contributed by atoms with van der Waals surface area (Å²) in [4.78, 5) is 21.7. The third kappa shape index (κ3) is 3.42. The molecule has 0 aliphatic rings. The minimum atomic E-state index is -0.476. The fourth-order valence-corrected chi connectivity index (χ4v) is 1.13. The van der Waals surface area contributed by atoms with Gasteiger partial charge in [-0.05, 0) is 13.0 Å². The zero-order valence-electron chi connectivity index (χ0n) is 8.93. The van der Waals surface area contributed by atoms with Crippen molar-refractivity contribution in [1.82, 2.24) is 0 Å². The zero-order valence-corrected chi connectivity index (χ0v) is 8.93. The second-order valence-corrected chi connectivity index (χ2v) is 3.01. The average molecular weight is 218 g/mol. The maximum absolute atomic E-state index is 11.0. The van der Waals surface area contributed by atoms with Gasteiger partial charge in [-0.25, -0.2) is 4.79 Å². The highest BCUT2D eigenvalue weighted by molar-refractivity contribution is 6.32. The molecule has 0 aromatic heterocycles. The number of ether oxygens (including phenoxy) is 2. The van der Waals surface area contributed by atoms with Gasteiger partial charge in [0.05, 0.1) is 12.2 Å². The average Bonchev–Trinajstić information content (AvgIpc) is 2.27. The number of benzene rings is 1. The topological polar surface area (TPSA) is 52.6 Å². The van der Waals surface area contributed by atoms with Gasteiger partial charge in [-0.15, -0.1) is 0 Å². The molecule has 1 rings (SSSR count). The molecule has 0 bridgehead atoms. The van der Waals surface area contributed by atoms with E-state index < -0.39 is 5.97 Å². The van der Waals surface area contributed by atoms with Crippen LogP contribution in [-0.2, 0) is 9.53 Å². The van der Waals surface area contributed by atoms with Gasteiger partial charge < -0.3 is 9.47 Å². The van der Waals surface area contributed by atoms with E-state index in [9.17, 15) is 9.59 Å². The van der Waals surface area contributed by atoms with Crippen LogP contribution < -0.4 is 10.2 Å². The van der Waals surface area contributed by atoms with Crippen LogP contribution in [0.1, 0.15) is 17.3 Å². The van der Waals surface area contributed by atoms with Crippen molar-refractivity contribution in [3.8, 4) is 5.75 Å². The molecule has 5 heteroatoms. The van der Waals surface area contributed by atoms with Gasteiger partial charge in [-0.2, -0.15) is 0 Å². The van der Waals surface area contributed by atoms with E-state index in [1.165, 1.54) is 12.1 Å². The van der Waals surface area contributed by atoms with Crippen LogP contribution in [0.2, 0.25) is 0 Å². The van der Waals surface area contributed by atoms with E-state index in [1.807, 2.05) is 0 Å². The van der Waals surface area contributed by atoms with Gasteiger partial charge in [0.2, 0.25) is 0 Å². The first-order chi connectivity index (χ1) is 7.67. The van der Waals surface area contributed by atoms with E-state index in [0.29, 0.717) is 29.7 Å². The molecule has 16 heavy (non-hydrogen) atoms. The predicted octanol–water partition coefficient (Wildman–Crippen LogP) is 0.235. The minimum Gasteiger partial charge on any atom is -0.481 e. The number of hydrogen-bond donors (Lipinski definition) is 0. The first kappa shape index (κ1) is 12.3. The first-order valence-corrected chi connectivity index (χ1v) is 4.80. The number of aldehydes is 1. The Morgan fingerprint density at radius 2 is 2.25 bits per heavy atom. The molecule has 1 aromatic carbocycles. The van der Waals surface area contributed by atoms with Crippen molar-refractivity contribution in [1.29, 1.82) is 0 Å². The van der Waals surface area contributed by atoms with Crippen molar-refractivity contribution in [2.24, 2.45) is 0 Å². The Kier molecular flexibility index (Phi) is 4.57. The first-order valence-electron chi connectivity index (χ1n) is 4.80. The van der Waals surface area contributed by atoms with E-state index >= 15 is 0 Å². The summed E-state index contributed by atoms with van der Waals surface area (Å²) in [6.45, 7) is 1.78. The highest BCUT2D eigenvalue weighted by atomic mass is 16.6. The van der Waals surface area contributed by atoms with Crippen molar-refractivity contribution >= 4 is 25.6 Å². The van der Waals surface area contributed by atoms with Crippen molar-refractivity contribution < 1.29 is 19.1 Å². The Labute approximate surface area is 95.0 Å². The van der Waals surface area contributed by atoms with Gasteiger partial charge >= 0.3 is 5.97 Å². The molecule has 0 amide bonds. The number of carbonyl (C=O) groups excluding carboxylic acids is 2. The van der Waals surface area contributed by atoms with Crippen molar-refractivity contribution in [2.75, 3.05) is 13.2 Å². The van der Waals surface area contributed by atoms with Crippen LogP contribution in [0.5, 0.6) is 5.75 Å². The van der Waals surface area contributed by atoms with Gasteiger partial charge in [0.15, 0.2) is 12.9 Å². The molecule has 0 heterocycles. The SMILES string of the molecule is [B]c1ccc(OCC(=O)OCC)c(C=O)c1. The summed E-state index contributed by atoms with van der Waals surface area (Å²) < 4.78 is 9.82. The summed E-state index contributed by atoms with van der Waals surface area (Å²) in [6.07, 6.45) is 0.622. The molecule has 4 nitrogen and oxygen atoms in total. The smallest absolute Gasteiger partial charge is 0.344 e. The molecule has 0 saturated heterocycles. The van der Waals surface area contributed by atoms with E-state index in [2.05, 4.69) is 4.74 Å². The molecule has 0 aliphatic carbocycles.